The van der Waals surface area contributed by atoms with E-state index in [4.69, 9.17) is 11.6 Å². The minimum absolute atomic E-state index is 0.0833. The molecule has 0 saturated heterocycles. The van der Waals surface area contributed by atoms with Gasteiger partial charge in [0, 0.05) is 23.9 Å². The molecule has 1 aliphatic rings. The molecule has 0 saturated carbocycles. The molecule has 0 amide bonds. The third-order valence-corrected chi connectivity index (χ3v) is 4.06. The number of aromatic nitrogens is 1. The molecule has 0 unspecified atom stereocenters. The molecule has 2 nitrogen and oxygen atoms in total. The molecule has 20 heavy (non-hydrogen) atoms. The maximum absolute atomic E-state index is 13.5. The average Bonchev–Trinajstić information content (AvgIpc) is 2.74. The van der Waals surface area contributed by atoms with E-state index < -0.39 is 0 Å². The fourth-order valence-electron chi connectivity index (χ4n) is 2.84. The topological polar surface area (TPSA) is 22.0 Å². The van der Waals surface area contributed by atoms with Crippen molar-refractivity contribution in [3.63, 3.8) is 0 Å². The maximum atomic E-state index is 13.5. The molecule has 1 aliphatic carbocycles. The van der Waals surface area contributed by atoms with Crippen LogP contribution in [-0.4, -0.2) is 10.4 Å². The van der Waals surface area contributed by atoms with Gasteiger partial charge in [-0.25, -0.2) is 4.39 Å². The van der Waals surface area contributed by atoms with Gasteiger partial charge in [-0.2, -0.15) is 0 Å². The minimum Gasteiger partial charge on any atom is -0.319 e. The molecule has 0 radical (unpaired) electrons. The van der Waals surface area contributed by atoms with Crippen molar-refractivity contribution in [2.75, 3.05) is 0 Å². The summed E-state index contributed by atoms with van der Waals surface area (Å²) in [6.45, 7) is 4.14. The van der Waals surface area contributed by atoms with E-state index >= 15 is 0 Å². The van der Waals surface area contributed by atoms with Crippen LogP contribution in [0.5, 0.6) is 0 Å². The Kier molecular flexibility index (Phi) is 2.98. The van der Waals surface area contributed by atoms with E-state index in [9.17, 15) is 9.18 Å². The van der Waals surface area contributed by atoms with Crippen molar-refractivity contribution in [3.05, 3.63) is 52.6 Å². The highest BCUT2D eigenvalue weighted by atomic mass is 35.5. The Morgan fingerprint density at radius 3 is 2.75 bits per heavy atom. The van der Waals surface area contributed by atoms with Crippen LogP contribution in [0, 0.1) is 11.2 Å². The lowest BCUT2D eigenvalue weighted by Crippen LogP contribution is -2.27. The van der Waals surface area contributed by atoms with Crippen LogP contribution in [0.2, 0.25) is 5.02 Å². The van der Waals surface area contributed by atoms with Gasteiger partial charge < -0.3 is 4.57 Å². The van der Waals surface area contributed by atoms with Crippen molar-refractivity contribution < 1.29 is 9.18 Å². The van der Waals surface area contributed by atoms with E-state index in [-0.39, 0.29) is 17.0 Å². The van der Waals surface area contributed by atoms with Gasteiger partial charge in [0.15, 0.2) is 5.78 Å². The second kappa shape index (κ2) is 4.45. The van der Waals surface area contributed by atoms with Crippen molar-refractivity contribution in [3.8, 4) is 5.69 Å². The molecule has 0 atom stereocenters. The van der Waals surface area contributed by atoms with Crippen LogP contribution in [-0.2, 0) is 6.42 Å². The lowest BCUT2D eigenvalue weighted by atomic mass is 9.76. The third-order valence-electron chi connectivity index (χ3n) is 3.75. The first-order valence-corrected chi connectivity index (χ1v) is 6.94. The summed E-state index contributed by atoms with van der Waals surface area (Å²) in [6.07, 6.45) is 3.11. The van der Waals surface area contributed by atoms with E-state index in [0.717, 1.165) is 17.7 Å². The van der Waals surface area contributed by atoms with Gasteiger partial charge >= 0.3 is 0 Å². The molecule has 1 aromatic carbocycles. The van der Waals surface area contributed by atoms with E-state index in [1.54, 1.807) is 12.3 Å². The Labute approximate surface area is 122 Å². The summed E-state index contributed by atoms with van der Waals surface area (Å²) in [6, 6.07) is 6.06. The predicted molar refractivity (Wildman–Crippen MR) is 77.2 cm³/mol. The van der Waals surface area contributed by atoms with Gasteiger partial charge in [-0.15, -0.1) is 0 Å². The molecule has 2 aromatic rings. The fourth-order valence-corrected chi connectivity index (χ4v) is 3.05. The summed E-state index contributed by atoms with van der Waals surface area (Å²) >= 11 is 6.17. The zero-order chi connectivity index (χ0) is 14.5. The van der Waals surface area contributed by atoms with Crippen LogP contribution in [0.4, 0.5) is 4.39 Å². The molecule has 3 rings (SSSR count). The molecule has 0 aliphatic heterocycles. The third kappa shape index (κ3) is 2.16. The molecule has 0 spiro atoms. The Hall–Kier alpha value is -1.61. The highest BCUT2D eigenvalue weighted by Crippen LogP contribution is 2.37. The van der Waals surface area contributed by atoms with Crippen LogP contribution in [0.25, 0.3) is 5.69 Å². The summed E-state index contributed by atoms with van der Waals surface area (Å²) in [5.41, 5.74) is 2.14. The Balaban J connectivity index is 2.18. The number of ketones is 1. The molecule has 104 valence electrons. The van der Waals surface area contributed by atoms with Crippen molar-refractivity contribution in [2.45, 2.75) is 26.7 Å². The second-order valence-corrected chi connectivity index (χ2v) is 6.49. The van der Waals surface area contributed by atoms with Crippen LogP contribution in [0.3, 0.4) is 0 Å². The van der Waals surface area contributed by atoms with Crippen LogP contribution in [0.1, 0.15) is 36.3 Å². The zero-order valence-corrected chi connectivity index (χ0v) is 12.2. The molecular weight excluding hydrogens is 277 g/mol. The highest BCUT2D eigenvalue weighted by molar-refractivity contribution is 6.32. The van der Waals surface area contributed by atoms with Gasteiger partial charge in [0.1, 0.15) is 5.82 Å². The number of carbonyl (C=O) groups is 1. The van der Waals surface area contributed by atoms with Crippen molar-refractivity contribution >= 4 is 17.4 Å². The molecule has 0 fully saturated rings. The fraction of sp³-hybridized carbons (Fsp3) is 0.312. The lowest BCUT2D eigenvalue weighted by Gasteiger charge is -2.29. The molecule has 0 bridgehead atoms. The van der Waals surface area contributed by atoms with E-state index in [2.05, 4.69) is 13.8 Å². The van der Waals surface area contributed by atoms with Crippen molar-refractivity contribution in [2.24, 2.45) is 5.41 Å². The molecule has 1 heterocycles. The highest BCUT2D eigenvalue weighted by Gasteiger charge is 2.33. The van der Waals surface area contributed by atoms with Gasteiger partial charge in [-0.05, 0) is 36.1 Å². The second-order valence-electron chi connectivity index (χ2n) is 6.08. The van der Waals surface area contributed by atoms with Crippen LogP contribution < -0.4 is 0 Å². The molecule has 4 heteroatoms. The Morgan fingerprint density at radius 2 is 2.00 bits per heavy atom. The average molecular weight is 292 g/mol. The number of nitrogens with zero attached hydrogens (tertiary/aromatic N) is 1. The van der Waals surface area contributed by atoms with Crippen molar-refractivity contribution in [1.82, 2.24) is 4.57 Å². The number of carbonyl (C=O) groups excluding carboxylic acids is 1. The van der Waals surface area contributed by atoms with Gasteiger partial charge in [0.25, 0.3) is 0 Å². The van der Waals surface area contributed by atoms with Crippen LogP contribution in [0.15, 0.2) is 30.5 Å². The number of benzene rings is 1. The summed E-state index contributed by atoms with van der Waals surface area (Å²) in [7, 11) is 0. The van der Waals surface area contributed by atoms with Gasteiger partial charge in [0.2, 0.25) is 0 Å². The lowest BCUT2D eigenvalue weighted by molar-refractivity contribution is 0.0911. The van der Waals surface area contributed by atoms with Crippen molar-refractivity contribution in [1.29, 1.82) is 0 Å². The van der Waals surface area contributed by atoms with Gasteiger partial charge in [0.05, 0.1) is 10.7 Å². The number of fused-ring (bicyclic) bond motifs is 1. The largest absolute Gasteiger partial charge is 0.319 e. The monoisotopic (exact) mass is 291 g/mol. The first-order chi connectivity index (χ1) is 9.37. The summed E-state index contributed by atoms with van der Waals surface area (Å²) in [4.78, 5) is 12.2. The van der Waals surface area contributed by atoms with Gasteiger partial charge in [-0.3, -0.25) is 4.79 Å². The summed E-state index contributed by atoms with van der Waals surface area (Å²) in [5, 5.41) is 0.473. The predicted octanol–water partition coefficient (Wildman–Crippen LogP) is 4.42. The first-order valence-electron chi connectivity index (χ1n) is 6.56. The molecule has 1 aromatic heterocycles. The SMILES string of the molecule is CC1(C)CC(=O)c2ccn(-c3cc(F)ccc3Cl)c2C1. The summed E-state index contributed by atoms with van der Waals surface area (Å²) < 4.78 is 15.3. The Bertz CT molecular complexity index is 702. The minimum atomic E-state index is -0.340. The quantitative estimate of drug-likeness (QED) is 0.762. The van der Waals surface area contributed by atoms with E-state index in [1.807, 2.05) is 4.57 Å². The molecular formula is C16H15ClFNO. The first kappa shape index (κ1) is 13.4. The normalized spacial score (nSPS) is 17.1. The number of hydrogen-bond donors (Lipinski definition) is 0. The van der Waals surface area contributed by atoms with E-state index in [1.165, 1.54) is 18.2 Å². The number of rotatable bonds is 1. The zero-order valence-electron chi connectivity index (χ0n) is 11.4. The number of Topliss-reactive ketones (excluding diaryl/α,β-unsaturated/α-hetero) is 1. The maximum Gasteiger partial charge on any atom is 0.165 e. The van der Waals surface area contributed by atoms with Gasteiger partial charge in [-0.1, -0.05) is 25.4 Å². The smallest absolute Gasteiger partial charge is 0.165 e. The summed E-state index contributed by atoms with van der Waals surface area (Å²) in [5.74, 6) is -0.198. The molecule has 0 N–H and O–H groups in total. The number of halogens is 2. The Morgan fingerprint density at radius 1 is 1.25 bits per heavy atom. The standard InChI is InChI=1S/C16H15ClFNO/c1-16(2)8-14-11(15(20)9-16)5-6-19(14)13-7-10(18)3-4-12(13)17/h3-7H,8-9H2,1-2H3. The van der Waals surface area contributed by atoms with Crippen LogP contribution >= 0.6 is 11.6 Å². The van der Waals surface area contributed by atoms with E-state index in [0.29, 0.717) is 17.1 Å². The number of hydrogen-bond acceptors (Lipinski definition) is 1.